The van der Waals surface area contributed by atoms with E-state index in [1.807, 2.05) is 30.1 Å². The first kappa shape index (κ1) is 12.7. The second-order valence-corrected chi connectivity index (χ2v) is 3.89. The molecule has 0 spiro atoms. The van der Waals surface area contributed by atoms with E-state index in [2.05, 4.69) is 6.92 Å². The van der Waals surface area contributed by atoms with Gasteiger partial charge in [0.15, 0.2) is 5.78 Å². The molecule has 0 atom stereocenters. The molecular weight excluding hydrogens is 202 g/mol. The summed E-state index contributed by atoms with van der Waals surface area (Å²) in [7, 11) is 3.56. The molecule has 0 aliphatic carbocycles. The monoisotopic (exact) mass is 221 g/mol. The minimum atomic E-state index is 0.134. The van der Waals surface area contributed by atoms with Crippen LogP contribution in [-0.2, 0) is 0 Å². The molecule has 0 N–H and O–H groups in total. The van der Waals surface area contributed by atoms with Crippen molar-refractivity contribution in [2.24, 2.45) is 0 Å². The molecule has 0 saturated carbocycles. The van der Waals surface area contributed by atoms with E-state index in [-0.39, 0.29) is 5.78 Å². The molecule has 1 aromatic carbocycles. The van der Waals surface area contributed by atoms with Gasteiger partial charge in [0.05, 0.1) is 13.7 Å². The standard InChI is InChI=1S/C13H19NO2/c1-4-8-14(2)10-13(15)11-6-5-7-12(9-11)16-3/h5-7,9H,4,8,10H2,1-3H3. The Balaban J connectivity index is 2.65. The Morgan fingerprint density at radius 1 is 1.44 bits per heavy atom. The topological polar surface area (TPSA) is 29.5 Å². The first-order valence-electron chi connectivity index (χ1n) is 5.53. The largest absolute Gasteiger partial charge is 0.497 e. The van der Waals surface area contributed by atoms with Crippen molar-refractivity contribution in [2.75, 3.05) is 27.2 Å². The summed E-state index contributed by atoms with van der Waals surface area (Å²) in [6.07, 6.45) is 1.06. The number of Topliss-reactive ketones (excluding diaryl/α,β-unsaturated/α-hetero) is 1. The van der Waals surface area contributed by atoms with Gasteiger partial charge in [-0.3, -0.25) is 9.69 Å². The Morgan fingerprint density at radius 3 is 2.81 bits per heavy atom. The third-order valence-corrected chi connectivity index (χ3v) is 2.41. The molecule has 1 rings (SSSR count). The highest BCUT2D eigenvalue weighted by Crippen LogP contribution is 2.13. The lowest BCUT2D eigenvalue weighted by molar-refractivity contribution is 0.0946. The van der Waals surface area contributed by atoms with Crippen molar-refractivity contribution < 1.29 is 9.53 Å². The van der Waals surface area contributed by atoms with Gasteiger partial charge >= 0.3 is 0 Å². The molecule has 0 bridgehead atoms. The molecule has 0 amide bonds. The zero-order chi connectivity index (χ0) is 12.0. The predicted molar refractivity (Wildman–Crippen MR) is 65.1 cm³/mol. The molecule has 0 aromatic heterocycles. The van der Waals surface area contributed by atoms with Crippen LogP contribution in [0.15, 0.2) is 24.3 Å². The quantitative estimate of drug-likeness (QED) is 0.690. The SMILES string of the molecule is CCCN(C)CC(=O)c1cccc(OC)c1. The number of rotatable bonds is 6. The van der Waals surface area contributed by atoms with E-state index in [1.54, 1.807) is 13.2 Å². The van der Waals surface area contributed by atoms with Crippen LogP contribution in [0.2, 0.25) is 0 Å². The summed E-state index contributed by atoms with van der Waals surface area (Å²) < 4.78 is 5.09. The molecule has 0 fully saturated rings. The molecule has 0 heterocycles. The summed E-state index contributed by atoms with van der Waals surface area (Å²) in [5.74, 6) is 0.860. The molecule has 3 nitrogen and oxygen atoms in total. The number of hydrogen-bond acceptors (Lipinski definition) is 3. The number of carbonyl (C=O) groups is 1. The molecule has 0 unspecified atom stereocenters. The second kappa shape index (κ2) is 6.28. The van der Waals surface area contributed by atoms with Gasteiger partial charge in [0.25, 0.3) is 0 Å². The number of nitrogens with zero attached hydrogens (tertiary/aromatic N) is 1. The van der Waals surface area contributed by atoms with Crippen LogP contribution >= 0.6 is 0 Å². The molecule has 3 heteroatoms. The van der Waals surface area contributed by atoms with E-state index >= 15 is 0 Å². The van der Waals surface area contributed by atoms with E-state index in [0.29, 0.717) is 12.1 Å². The number of methoxy groups -OCH3 is 1. The fraction of sp³-hybridized carbons (Fsp3) is 0.462. The van der Waals surface area contributed by atoms with E-state index < -0.39 is 0 Å². The van der Waals surface area contributed by atoms with Crippen molar-refractivity contribution in [1.29, 1.82) is 0 Å². The normalized spacial score (nSPS) is 10.5. The van der Waals surface area contributed by atoms with Gasteiger partial charge in [0.1, 0.15) is 5.75 Å². The molecule has 0 radical (unpaired) electrons. The maximum absolute atomic E-state index is 11.9. The van der Waals surface area contributed by atoms with E-state index in [4.69, 9.17) is 4.74 Å². The second-order valence-electron chi connectivity index (χ2n) is 3.89. The highest BCUT2D eigenvalue weighted by atomic mass is 16.5. The number of likely N-dealkylation sites (N-methyl/N-ethyl adjacent to an activating group) is 1. The van der Waals surface area contributed by atoms with Gasteiger partial charge in [0, 0.05) is 5.56 Å². The summed E-state index contributed by atoms with van der Waals surface area (Å²) in [5, 5.41) is 0. The highest BCUT2D eigenvalue weighted by Gasteiger charge is 2.09. The van der Waals surface area contributed by atoms with Gasteiger partial charge in [-0.2, -0.15) is 0 Å². The van der Waals surface area contributed by atoms with Crippen molar-refractivity contribution in [2.45, 2.75) is 13.3 Å². The Hall–Kier alpha value is -1.35. The number of hydrogen-bond donors (Lipinski definition) is 0. The average Bonchev–Trinajstić information content (AvgIpc) is 2.29. The van der Waals surface area contributed by atoms with E-state index in [9.17, 15) is 4.79 Å². The smallest absolute Gasteiger partial charge is 0.176 e. The van der Waals surface area contributed by atoms with Gasteiger partial charge in [0.2, 0.25) is 0 Å². The van der Waals surface area contributed by atoms with Gasteiger partial charge in [-0.25, -0.2) is 0 Å². The lowest BCUT2D eigenvalue weighted by Gasteiger charge is -2.14. The van der Waals surface area contributed by atoms with E-state index in [1.165, 1.54) is 0 Å². The fourth-order valence-corrected chi connectivity index (χ4v) is 1.59. The minimum absolute atomic E-state index is 0.134. The predicted octanol–water partition coefficient (Wildman–Crippen LogP) is 2.22. The maximum Gasteiger partial charge on any atom is 0.176 e. The van der Waals surface area contributed by atoms with Crippen LogP contribution in [0.4, 0.5) is 0 Å². The number of carbonyl (C=O) groups excluding carboxylic acids is 1. The highest BCUT2D eigenvalue weighted by molar-refractivity contribution is 5.97. The van der Waals surface area contributed by atoms with Crippen LogP contribution in [0.1, 0.15) is 23.7 Å². The Labute approximate surface area is 97.0 Å². The molecule has 88 valence electrons. The first-order chi connectivity index (χ1) is 7.67. The minimum Gasteiger partial charge on any atom is -0.497 e. The van der Waals surface area contributed by atoms with Gasteiger partial charge in [-0.1, -0.05) is 19.1 Å². The third-order valence-electron chi connectivity index (χ3n) is 2.41. The molecule has 0 aliphatic heterocycles. The van der Waals surface area contributed by atoms with Crippen molar-refractivity contribution in [1.82, 2.24) is 4.90 Å². The Morgan fingerprint density at radius 2 is 2.19 bits per heavy atom. The van der Waals surface area contributed by atoms with Gasteiger partial charge in [-0.05, 0) is 32.1 Å². The molecule has 0 saturated heterocycles. The number of ketones is 1. The first-order valence-corrected chi connectivity index (χ1v) is 5.53. The van der Waals surface area contributed by atoms with Gasteiger partial charge in [-0.15, -0.1) is 0 Å². The summed E-state index contributed by atoms with van der Waals surface area (Å²) in [5.41, 5.74) is 0.710. The van der Waals surface area contributed by atoms with E-state index in [0.717, 1.165) is 18.7 Å². The van der Waals surface area contributed by atoms with Crippen LogP contribution in [0.5, 0.6) is 5.75 Å². The van der Waals surface area contributed by atoms with Crippen LogP contribution in [-0.4, -0.2) is 37.9 Å². The fourth-order valence-electron chi connectivity index (χ4n) is 1.59. The Kier molecular flexibility index (Phi) is 4.99. The summed E-state index contributed by atoms with van der Waals surface area (Å²) in [6.45, 7) is 3.50. The molecular formula is C13H19NO2. The zero-order valence-corrected chi connectivity index (χ0v) is 10.2. The Bertz CT molecular complexity index is 350. The van der Waals surface area contributed by atoms with Crippen LogP contribution in [0.3, 0.4) is 0 Å². The average molecular weight is 221 g/mol. The maximum atomic E-state index is 11.9. The van der Waals surface area contributed by atoms with Crippen molar-refractivity contribution in [3.63, 3.8) is 0 Å². The number of ether oxygens (including phenoxy) is 1. The molecule has 1 aromatic rings. The lowest BCUT2D eigenvalue weighted by atomic mass is 10.1. The summed E-state index contributed by atoms with van der Waals surface area (Å²) >= 11 is 0. The van der Waals surface area contributed by atoms with Crippen molar-refractivity contribution >= 4 is 5.78 Å². The van der Waals surface area contributed by atoms with Crippen LogP contribution in [0.25, 0.3) is 0 Å². The molecule has 0 aliphatic rings. The summed E-state index contributed by atoms with van der Waals surface area (Å²) in [4.78, 5) is 13.9. The van der Waals surface area contributed by atoms with Crippen molar-refractivity contribution in [3.05, 3.63) is 29.8 Å². The van der Waals surface area contributed by atoms with Crippen LogP contribution in [0, 0.1) is 0 Å². The lowest BCUT2D eigenvalue weighted by Crippen LogP contribution is -2.26. The third kappa shape index (κ3) is 3.66. The van der Waals surface area contributed by atoms with Crippen LogP contribution < -0.4 is 4.74 Å². The zero-order valence-electron chi connectivity index (χ0n) is 10.2. The van der Waals surface area contributed by atoms with Gasteiger partial charge < -0.3 is 4.74 Å². The molecule has 16 heavy (non-hydrogen) atoms. The van der Waals surface area contributed by atoms with Crippen molar-refractivity contribution in [3.8, 4) is 5.75 Å². The summed E-state index contributed by atoms with van der Waals surface area (Å²) in [6, 6.07) is 7.28. The number of benzene rings is 1.